The Kier molecular flexibility index (Phi) is 5.39. The van der Waals surface area contributed by atoms with E-state index in [1.807, 2.05) is 0 Å². The molecule has 0 aliphatic rings. The molecule has 0 saturated carbocycles. The zero-order chi connectivity index (χ0) is 4.12. The summed E-state index contributed by atoms with van der Waals surface area (Å²) in [6.45, 7) is 0. The molecule has 0 aromatic rings. The first kappa shape index (κ1) is 5.71. The average molecular weight is 288 g/mol. The first-order valence-corrected chi connectivity index (χ1v) is 4.23. The third-order valence-corrected chi connectivity index (χ3v) is 1.24. The second-order valence-corrected chi connectivity index (χ2v) is 3.42. The quantitative estimate of drug-likeness (QED) is 0.627. The molecule has 0 aliphatic carbocycles. The van der Waals surface area contributed by atoms with Crippen molar-refractivity contribution in [3.63, 3.8) is 0 Å². The first-order valence-electron chi connectivity index (χ1n) is 0.765. The Balaban J connectivity index is 2.93. The SMILES string of the molecule is O=[C]=[Bi][O]Cl. The molecule has 0 atom stereocenters. The van der Waals surface area contributed by atoms with Gasteiger partial charge in [0.1, 0.15) is 0 Å². The van der Waals surface area contributed by atoms with E-state index in [1.54, 1.807) is 3.57 Å². The second-order valence-electron chi connectivity index (χ2n) is 0.252. The normalized spacial score (nSPS) is 5.80. The van der Waals surface area contributed by atoms with Gasteiger partial charge in [-0.25, -0.2) is 0 Å². The van der Waals surface area contributed by atoms with Crippen LogP contribution in [0.25, 0.3) is 0 Å². The summed E-state index contributed by atoms with van der Waals surface area (Å²) >= 11 is 3.22. The maximum atomic E-state index is 9.15. The van der Waals surface area contributed by atoms with Crippen LogP contribution in [0, 0.1) is 0 Å². The monoisotopic (exact) mass is 288 g/mol. The van der Waals surface area contributed by atoms with Crippen molar-refractivity contribution in [2.45, 2.75) is 0 Å². The van der Waals surface area contributed by atoms with Crippen LogP contribution in [-0.4, -0.2) is 26.8 Å². The van der Waals surface area contributed by atoms with E-state index in [4.69, 9.17) is 4.79 Å². The van der Waals surface area contributed by atoms with Crippen molar-refractivity contribution < 1.29 is 7.16 Å². The Morgan fingerprint density at radius 2 is 2.60 bits per heavy atom. The number of rotatable bonds is 1. The summed E-state index contributed by atoms with van der Waals surface area (Å²) in [5, 5.41) is 0. The Bertz CT molecular complexity index is 56.7. The van der Waals surface area contributed by atoms with Gasteiger partial charge in [0.05, 0.1) is 0 Å². The van der Waals surface area contributed by atoms with Crippen molar-refractivity contribution in [2.75, 3.05) is 0 Å². The van der Waals surface area contributed by atoms with Crippen molar-refractivity contribution in [3.05, 3.63) is 0 Å². The number of hydrogen-bond donors (Lipinski definition) is 0. The van der Waals surface area contributed by atoms with Crippen molar-refractivity contribution in [1.82, 2.24) is 0 Å². The van der Waals surface area contributed by atoms with Gasteiger partial charge in [-0.05, 0) is 0 Å². The zero-order valence-electron chi connectivity index (χ0n) is 2.14. The van der Waals surface area contributed by atoms with Crippen LogP contribution in [0.1, 0.15) is 0 Å². The van der Waals surface area contributed by atoms with Crippen LogP contribution >= 0.6 is 11.9 Å². The summed E-state index contributed by atoms with van der Waals surface area (Å²) in [5.74, 6) is 0. The summed E-state index contributed by atoms with van der Waals surface area (Å²) in [4.78, 5) is 9.15. The van der Waals surface area contributed by atoms with Gasteiger partial charge in [-0.3, -0.25) is 0 Å². The fourth-order valence-electron chi connectivity index (χ4n) is 0.0141. The van der Waals surface area contributed by atoms with E-state index in [9.17, 15) is 0 Å². The van der Waals surface area contributed by atoms with Crippen molar-refractivity contribution in [1.29, 1.82) is 0 Å². The van der Waals surface area contributed by atoms with Gasteiger partial charge in [0.15, 0.2) is 0 Å². The van der Waals surface area contributed by atoms with Crippen LogP contribution in [0.3, 0.4) is 0 Å². The third-order valence-electron chi connectivity index (χ3n) is 0.0718. The molecule has 0 unspecified atom stereocenters. The van der Waals surface area contributed by atoms with Gasteiger partial charge in [0, 0.05) is 0 Å². The van der Waals surface area contributed by atoms with Crippen LogP contribution in [0.2, 0.25) is 0 Å². The molecule has 2 nitrogen and oxygen atoms in total. The summed E-state index contributed by atoms with van der Waals surface area (Å²) in [5.41, 5.74) is 0. The van der Waals surface area contributed by atoms with Gasteiger partial charge in [-0.2, -0.15) is 0 Å². The van der Waals surface area contributed by atoms with Crippen LogP contribution in [0.4, 0.5) is 0 Å². The molecule has 0 radical (unpaired) electrons. The molecule has 4 heteroatoms. The number of hydrogen-bond acceptors (Lipinski definition) is 2. The average Bonchev–Trinajstić information content (AvgIpc) is 1.41. The summed E-state index contributed by atoms with van der Waals surface area (Å²) in [6, 6.07) is 0. The molecular weight excluding hydrogens is 288 g/mol. The molecule has 0 bridgehead atoms. The molecule has 0 rings (SSSR count). The molecule has 5 heavy (non-hydrogen) atoms. The number of halogens is 1. The van der Waals surface area contributed by atoms with Crippen LogP contribution in [0.15, 0.2) is 0 Å². The molecule has 0 saturated heterocycles. The zero-order valence-corrected chi connectivity index (χ0v) is 6.37. The van der Waals surface area contributed by atoms with Crippen LogP contribution in [-0.2, 0) is 7.16 Å². The number of carbonyl (C=O) groups excluding carboxylic acids is 1. The van der Waals surface area contributed by atoms with Crippen molar-refractivity contribution in [3.8, 4) is 0 Å². The van der Waals surface area contributed by atoms with Crippen molar-refractivity contribution in [2.24, 2.45) is 0 Å². The standard InChI is InChI=1S/CO.Bi.ClO/c1-2;;1-2/q;+1;-1. The van der Waals surface area contributed by atoms with Gasteiger partial charge in [-0.15, -0.1) is 0 Å². The molecule has 0 N–H and O–H groups in total. The molecule has 0 aromatic heterocycles. The van der Waals surface area contributed by atoms with E-state index in [-0.39, 0.29) is 0 Å². The molecule has 0 heterocycles. The van der Waals surface area contributed by atoms with E-state index in [2.05, 4.69) is 14.2 Å². The van der Waals surface area contributed by atoms with E-state index < -0.39 is 23.2 Å². The molecular formula is CBiClO2. The molecule has 0 aromatic carbocycles. The van der Waals surface area contributed by atoms with Gasteiger partial charge in [0.2, 0.25) is 0 Å². The van der Waals surface area contributed by atoms with Gasteiger partial charge in [0.25, 0.3) is 0 Å². The van der Waals surface area contributed by atoms with Gasteiger partial charge < -0.3 is 0 Å². The van der Waals surface area contributed by atoms with Crippen molar-refractivity contribution >= 4 is 38.6 Å². The molecule has 28 valence electrons. The second kappa shape index (κ2) is 4.71. The Morgan fingerprint density at radius 1 is 2.00 bits per heavy atom. The predicted molar refractivity (Wildman–Crippen MR) is 18.4 cm³/mol. The minimum absolute atomic E-state index is 1.40. The Labute approximate surface area is 45.9 Å². The fraction of sp³-hybridized carbons (Fsp3) is 0. The summed E-state index contributed by atoms with van der Waals surface area (Å²) < 4.78 is 5.51. The Hall–Kier alpha value is 0.713. The van der Waals surface area contributed by atoms with E-state index >= 15 is 0 Å². The van der Waals surface area contributed by atoms with Crippen LogP contribution in [0.5, 0.6) is 0 Å². The Morgan fingerprint density at radius 3 is 2.60 bits per heavy atom. The summed E-state index contributed by atoms with van der Waals surface area (Å²) in [7, 11) is 0. The van der Waals surface area contributed by atoms with Gasteiger partial charge in [-0.1, -0.05) is 0 Å². The van der Waals surface area contributed by atoms with Crippen LogP contribution < -0.4 is 0 Å². The molecule has 0 amide bonds. The van der Waals surface area contributed by atoms with Gasteiger partial charge >= 0.3 is 45.8 Å². The topological polar surface area (TPSA) is 26.3 Å². The summed E-state index contributed by atoms with van der Waals surface area (Å²) in [6.07, 6.45) is 0. The minimum atomic E-state index is -1.40. The third kappa shape index (κ3) is 4.71. The molecule has 0 aliphatic heterocycles. The molecule has 0 spiro atoms. The first-order chi connectivity index (χ1) is 2.41. The maximum absolute atomic E-state index is 9.15. The fourth-order valence-corrected chi connectivity index (χ4v) is 0.371. The molecule has 0 fully saturated rings. The predicted octanol–water partition coefficient (Wildman–Crippen LogP) is -0.157. The van der Waals surface area contributed by atoms with E-state index in [1.165, 1.54) is 0 Å². The van der Waals surface area contributed by atoms with E-state index in [0.717, 1.165) is 0 Å². The van der Waals surface area contributed by atoms with E-state index in [0.29, 0.717) is 0 Å².